The second kappa shape index (κ2) is 6.92. The van der Waals surface area contributed by atoms with Crippen LogP contribution in [0.1, 0.15) is 13.8 Å². The number of anilines is 2. The Hall–Kier alpha value is -2.90. The molecule has 0 fully saturated rings. The van der Waals surface area contributed by atoms with E-state index in [9.17, 15) is 27.2 Å². The lowest BCUT2D eigenvalue weighted by molar-refractivity contribution is -0.135. The highest BCUT2D eigenvalue weighted by atomic mass is 19.1. The second-order valence-electron chi connectivity index (χ2n) is 5.73. The molecule has 25 heavy (non-hydrogen) atoms. The van der Waals surface area contributed by atoms with E-state index in [0.29, 0.717) is 0 Å². The Morgan fingerprint density at radius 2 is 1.00 bits per heavy atom. The van der Waals surface area contributed by atoms with Crippen LogP contribution in [0.4, 0.5) is 28.9 Å². The maximum atomic E-state index is 13.6. The van der Waals surface area contributed by atoms with E-state index in [2.05, 4.69) is 0 Å². The maximum absolute atomic E-state index is 13.6. The van der Waals surface area contributed by atoms with Gasteiger partial charge in [0, 0.05) is 0 Å². The molecule has 2 amide bonds. The van der Waals surface area contributed by atoms with E-state index in [1.165, 1.54) is 0 Å². The Labute approximate surface area is 140 Å². The lowest BCUT2D eigenvalue weighted by Crippen LogP contribution is -2.42. The van der Waals surface area contributed by atoms with Crippen LogP contribution >= 0.6 is 0 Å². The summed E-state index contributed by atoms with van der Waals surface area (Å²) >= 11 is 0. The quantitative estimate of drug-likeness (QED) is 0.647. The fourth-order valence-electron chi connectivity index (χ4n) is 1.88. The summed E-state index contributed by atoms with van der Waals surface area (Å²) in [6.07, 6.45) is 0. The zero-order valence-corrected chi connectivity index (χ0v) is 13.3. The van der Waals surface area contributed by atoms with Crippen LogP contribution in [0, 0.1) is 28.7 Å². The molecule has 0 heterocycles. The van der Waals surface area contributed by atoms with Crippen LogP contribution in [-0.2, 0) is 9.59 Å². The van der Waals surface area contributed by atoms with Crippen molar-refractivity contribution in [2.75, 3.05) is 10.6 Å². The van der Waals surface area contributed by atoms with E-state index in [-0.39, 0.29) is 0 Å². The van der Waals surface area contributed by atoms with Gasteiger partial charge in [-0.15, -0.1) is 0 Å². The van der Waals surface area contributed by atoms with Gasteiger partial charge in [0.05, 0.1) is 0 Å². The van der Waals surface area contributed by atoms with Crippen LogP contribution in [0.15, 0.2) is 36.4 Å². The number of benzene rings is 2. The molecule has 4 nitrogen and oxygen atoms in total. The van der Waals surface area contributed by atoms with Gasteiger partial charge in [-0.25, -0.2) is 17.6 Å². The largest absolute Gasteiger partial charge is 0.320 e. The molecule has 0 radical (unpaired) electrons. The number of amides is 2. The van der Waals surface area contributed by atoms with Gasteiger partial charge in [0.1, 0.15) is 40.1 Å². The minimum Gasteiger partial charge on any atom is -0.320 e. The molecule has 0 aliphatic carbocycles. The molecule has 2 rings (SSSR count). The van der Waals surface area contributed by atoms with Gasteiger partial charge in [-0.1, -0.05) is 12.1 Å². The zero-order chi connectivity index (χ0) is 18.8. The highest BCUT2D eigenvalue weighted by Gasteiger charge is 2.37. The van der Waals surface area contributed by atoms with Gasteiger partial charge >= 0.3 is 0 Å². The molecule has 2 N–H and O–H groups in total. The average molecular weight is 354 g/mol. The second-order valence-corrected chi connectivity index (χ2v) is 5.73. The summed E-state index contributed by atoms with van der Waals surface area (Å²) in [5, 5.41) is 3.95. The highest BCUT2D eigenvalue weighted by molar-refractivity contribution is 6.14. The first-order chi connectivity index (χ1) is 11.6. The van der Waals surface area contributed by atoms with Gasteiger partial charge in [-0.2, -0.15) is 0 Å². The summed E-state index contributed by atoms with van der Waals surface area (Å²) in [5.74, 6) is -6.19. The lowest BCUT2D eigenvalue weighted by Gasteiger charge is -2.23. The molecule has 132 valence electrons. The van der Waals surface area contributed by atoms with Crippen molar-refractivity contribution in [2.45, 2.75) is 13.8 Å². The summed E-state index contributed by atoms with van der Waals surface area (Å²) in [4.78, 5) is 24.5. The fraction of sp³-hybridized carbons (Fsp3) is 0.176. The minimum absolute atomic E-state index is 0.717. The zero-order valence-electron chi connectivity index (χ0n) is 13.3. The predicted molar refractivity (Wildman–Crippen MR) is 83.8 cm³/mol. The van der Waals surface area contributed by atoms with Crippen molar-refractivity contribution < 1.29 is 27.2 Å². The minimum atomic E-state index is -1.87. The Kier molecular flexibility index (Phi) is 5.10. The van der Waals surface area contributed by atoms with Crippen LogP contribution in [0.3, 0.4) is 0 Å². The number of hydrogen-bond acceptors (Lipinski definition) is 2. The summed E-state index contributed by atoms with van der Waals surface area (Å²) in [6.45, 7) is 2.30. The fourth-order valence-corrected chi connectivity index (χ4v) is 1.88. The standard InChI is InChI=1S/C17H14F4N2O2/c1-17(2,15(24)22-13-9(18)5-3-6-10(13)19)16(25)23-14-11(20)7-4-8-12(14)21/h3-8H,1-2H3,(H,22,24)(H,23,25). The third-order valence-electron chi connectivity index (χ3n) is 3.54. The molecule has 8 heteroatoms. The van der Waals surface area contributed by atoms with Crippen molar-refractivity contribution in [3.05, 3.63) is 59.7 Å². The van der Waals surface area contributed by atoms with Gasteiger partial charge in [0.25, 0.3) is 0 Å². The molecule has 0 aromatic heterocycles. The van der Waals surface area contributed by atoms with Crippen molar-refractivity contribution in [3.63, 3.8) is 0 Å². The van der Waals surface area contributed by atoms with E-state index in [4.69, 9.17) is 0 Å². The van der Waals surface area contributed by atoms with Gasteiger partial charge in [-0.05, 0) is 38.1 Å². The molecule has 0 aliphatic heterocycles. The number of para-hydroxylation sites is 2. The Morgan fingerprint density at radius 1 is 0.720 bits per heavy atom. The summed E-state index contributed by atoms with van der Waals surface area (Å²) in [7, 11) is 0. The topological polar surface area (TPSA) is 58.2 Å². The van der Waals surface area contributed by atoms with Crippen LogP contribution in [0.25, 0.3) is 0 Å². The number of hydrogen-bond donors (Lipinski definition) is 2. The maximum Gasteiger partial charge on any atom is 0.239 e. The van der Waals surface area contributed by atoms with Crippen LogP contribution in [0.5, 0.6) is 0 Å². The van der Waals surface area contributed by atoms with Crippen molar-refractivity contribution in [2.24, 2.45) is 5.41 Å². The third-order valence-corrected chi connectivity index (χ3v) is 3.54. The molecule has 0 aliphatic rings. The molecule has 0 bridgehead atoms. The summed E-state index contributed by atoms with van der Waals surface area (Å²) in [6, 6.07) is 5.94. The monoisotopic (exact) mass is 354 g/mol. The lowest BCUT2D eigenvalue weighted by atomic mass is 9.90. The summed E-state index contributed by atoms with van der Waals surface area (Å²) in [5.41, 5.74) is -3.31. The number of carbonyl (C=O) groups excluding carboxylic acids is 2. The van der Waals surface area contributed by atoms with E-state index in [0.717, 1.165) is 50.2 Å². The molecule has 2 aromatic rings. The Balaban J connectivity index is 2.22. The number of rotatable bonds is 4. The average Bonchev–Trinajstić information content (AvgIpc) is 2.54. The molecule has 0 spiro atoms. The van der Waals surface area contributed by atoms with Crippen LogP contribution in [0.2, 0.25) is 0 Å². The van der Waals surface area contributed by atoms with E-state index >= 15 is 0 Å². The molecule has 2 aromatic carbocycles. The Morgan fingerprint density at radius 3 is 1.28 bits per heavy atom. The van der Waals surface area contributed by atoms with Gasteiger partial charge in [0.2, 0.25) is 11.8 Å². The van der Waals surface area contributed by atoms with Gasteiger partial charge in [0.15, 0.2) is 0 Å². The number of nitrogens with one attached hydrogen (secondary N) is 2. The first-order valence-electron chi connectivity index (χ1n) is 7.15. The van der Waals surface area contributed by atoms with Crippen molar-refractivity contribution >= 4 is 23.2 Å². The van der Waals surface area contributed by atoms with Crippen LogP contribution in [-0.4, -0.2) is 11.8 Å². The van der Waals surface area contributed by atoms with Crippen molar-refractivity contribution in [1.82, 2.24) is 0 Å². The van der Waals surface area contributed by atoms with Crippen molar-refractivity contribution in [3.8, 4) is 0 Å². The highest BCUT2D eigenvalue weighted by Crippen LogP contribution is 2.26. The van der Waals surface area contributed by atoms with E-state index in [1.807, 2.05) is 10.6 Å². The van der Waals surface area contributed by atoms with Crippen LogP contribution < -0.4 is 10.6 Å². The molecule has 0 saturated carbocycles. The van der Waals surface area contributed by atoms with Gasteiger partial charge in [-0.3, -0.25) is 9.59 Å². The Bertz CT molecular complexity index is 729. The first-order valence-corrected chi connectivity index (χ1v) is 7.15. The van der Waals surface area contributed by atoms with E-state index < -0.39 is 51.9 Å². The van der Waals surface area contributed by atoms with Crippen molar-refractivity contribution in [1.29, 1.82) is 0 Å². The number of halogens is 4. The molecular formula is C17H14F4N2O2. The van der Waals surface area contributed by atoms with E-state index in [1.54, 1.807) is 0 Å². The smallest absolute Gasteiger partial charge is 0.239 e. The first kappa shape index (κ1) is 18.4. The molecule has 0 saturated heterocycles. The SMILES string of the molecule is CC(C)(C(=O)Nc1c(F)cccc1F)C(=O)Nc1c(F)cccc1F. The molecule has 0 unspecified atom stereocenters. The molecular weight excluding hydrogens is 340 g/mol. The normalized spacial score (nSPS) is 11.1. The predicted octanol–water partition coefficient (Wildman–Crippen LogP) is 3.85. The third kappa shape index (κ3) is 3.78. The van der Waals surface area contributed by atoms with Gasteiger partial charge < -0.3 is 10.6 Å². The molecule has 0 atom stereocenters. The number of carbonyl (C=O) groups is 2. The summed E-state index contributed by atoms with van der Waals surface area (Å²) < 4.78 is 54.4.